The fourth-order valence-corrected chi connectivity index (χ4v) is 1.67. The van der Waals surface area contributed by atoms with E-state index in [-0.39, 0.29) is 26.2 Å². The number of hydrogen-bond acceptors (Lipinski definition) is 2. The zero-order valence-electron chi connectivity index (χ0n) is 7.67. The topological polar surface area (TPSA) is 61.1 Å². The molecule has 1 aromatic carbocycles. The number of rotatable bonds is 2. The molecule has 0 saturated carbocycles. The predicted octanol–water partition coefficient (Wildman–Crippen LogP) is 3.64. The van der Waals surface area contributed by atoms with Gasteiger partial charge in [-0.2, -0.15) is 5.26 Å². The smallest absolute Gasteiger partial charge is 0.329 e. The van der Waals surface area contributed by atoms with Gasteiger partial charge >= 0.3 is 5.97 Å². The summed E-state index contributed by atoms with van der Waals surface area (Å²) in [5.74, 6) is -1.24. The highest BCUT2D eigenvalue weighted by atomic mass is 35.5. The summed E-state index contributed by atoms with van der Waals surface area (Å²) in [6.45, 7) is 0. The number of nitrogens with zero attached hydrogens (tertiary/aromatic N) is 1. The zero-order valence-corrected chi connectivity index (χ0v) is 9.94. The van der Waals surface area contributed by atoms with Crippen LogP contribution in [0.5, 0.6) is 0 Å². The van der Waals surface area contributed by atoms with Crippen molar-refractivity contribution in [1.82, 2.24) is 0 Å². The first kappa shape index (κ1) is 12.9. The number of carboxylic acid groups (broad SMARTS) is 1. The fourth-order valence-electron chi connectivity index (χ4n) is 1.02. The third-order valence-corrected chi connectivity index (χ3v) is 2.72. The molecule has 0 aromatic heterocycles. The first-order chi connectivity index (χ1) is 7.45. The number of benzene rings is 1. The van der Waals surface area contributed by atoms with Crippen LogP contribution in [0, 0.1) is 11.3 Å². The Morgan fingerprint density at radius 3 is 2.31 bits per heavy atom. The number of carbonyl (C=O) groups is 1. The molecule has 0 amide bonds. The lowest BCUT2D eigenvalue weighted by Crippen LogP contribution is -1.92. The van der Waals surface area contributed by atoms with Gasteiger partial charge in [-0.3, -0.25) is 0 Å². The molecule has 3 nitrogen and oxygen atoms in total. The molecule has 0 aliphatic heterocycles. The second-order valence-electron chi connectivity index (χ2n) is 2.75. The van der Waals surface area contributed by atoms with Crippen molar-refractivity contribution in [2.75, 3.05) is 0 Å². The average Bonchev–Trinajstić information content (AvgIpc) is 2.20. The third-order valence-electron chi connectivity index (χ3n) is 1.69. The summed E-state index contributed by atoms with van der Waals surface area (Å²) in [7, 11) is 0. The van der Waals surface area contributed by atoms with Gasteiger partial charge in [-0.15, -0.1) is 0 Å². The quantitative estimate of drug-likeness (QED) is 0.509. The Morgan fingerprint density at radius 2 is 1.81 bits per heavy atom. The highest BCUT2D eigenvalue weighted by Gasteiger charge is 2.11. The maximum atomic E-state index is 10.5. The molecule has 0 bridgehead atoms. The second-order valence-corrected chi connectivity index (χ2v) is 3.98. The molecule has 0 aliphatic carbocycles. The molecular weight excluding hydrogens is 272 g/mol. The van der Waals surface area contributed by atoms with Gasteiger partial charge in [-0.1, -0.05) is 34.8 Å². The van der Waals surface area contributed by atoms with Crippen LogP contribution in [0.3, 0.4) is 0 Å². The summed E-state index contributed by atoms with van der Waals surface area (Å²) in [6, 6.07) is 4.44. The van der Waals surface area contributed by atoms with Crippen molar-refractivity contribution in [3.63, 3.8) is 0 Å². The summed E-state index contributed by atoms with van der Waals surface area (Å²) in [5, 5.41) is 18.0. The van der Waals surface area contributed by atoms with E-state index in [9.17, 15) is 4.79 Å². The molecule has 6 heteroatoms. The Balaban J connectivity index is 3.38. The van der Waals surface area contributed by atoms with E-state index in [4.69, 9.17) is 45.2 Å². The lowest BCUT2D eigenvalue weighted by atomic mass is 10.1. The Labute approximate surface area is 106 Å². The largest absolute Gasteiger partial charge is 0.478 e. The van der Waals surface area contributed by atoms with Gasteiger partial charge in [-0.05, 0) is 12.1 Å². The number of hydrogen-bond donors (Lipinski definition) is 1. The van der Waals surface area contributed by atoms with Crippen LogP contribution >= 0.6 is 34.8 Å². The maximum absolute atomic E-state index is 10.5. The van der Waals surface area contributed by atoms with Crippen LogP contribution in [0.1, 0.15) is 5.56 Å². The van der Waals surface area contributed by atoms with Gasteiger partial charge in [-0.25, -0.2) is 4.79 Å². The molecule has 0 saturated heterocycles. The van der Waals surface area contributed by atoms with Crippen molar-refractivity contribution in [3.05, 3.63) is 38.8 Å². The standard InChI is InChI=1S/C10H4Cl3NO2/c11-7-3-9(13)8(12)2-6(7)5(4-14)1-10(15)16/h1-3H,(H,15,16). The Morgan fingerprint density at radius 1 is 1.25 bits per heavy atom. The maximum Gasteiger partial charge on any atom is 0.329 e. The molecule has 0 unspecified atom stereocenters. The summed E-state index contributed by atoms with van der Waals surface area (Å²) in [5.41, 5.74) is 0.150. The molecule has 16 heavy (non-hydrogen) atoms. The van der Waals surface area contributed by atoms with Crippen molar-refractivity contribution in [2.24, 2.45) is 0 Å². The molecule has 1 rings (SSSR count). The van der Waals surface area contributed by atoms with Crippen LogP contribution in [-0.2, 0) is 4.79 Å². The third kappa shape index (κ3) is 2.89. The minimum Gasteiger partial charge on any atom is -0.478 e. The van der Waals surface area contributed by atoms with Gasteiger partial charge in [0.05, 0.1) is 20.6 Å². The lowest BCUT2D eigenvalue weighted by molar-refractivity contribution is -0.131. The molecule has 0 aliphatic rings. The van der Waals surface area contributed by atoms with E-state index in [0.717, 1.165) is 6.08 Å². The second kappa shape index (κ2) is 5.22. The van der Waals surface area contributed by atoms with Gasteiger partial charge in [0, 0.05) is 11.6 Å². The van der Waals surface area contributed by atoms with E-state index < -0.39 is 5.97 Å². The molecule has 0 radical (unpaired) electrons. The number of halogens is 3. The van der Waals surface area contributed by atoms with Crippen molar-refractivity contribution in [3.8, 4) is 6.07 Å². The highest BCUT2D eigenvalue weighted by molar-refractivity contribution is 6.43. The molecule has 0 heterocycles. The molecule has 82 valence electrons. The Bertz CT molecular complexity index is 518. The molecule has 1 aromatic rings. The van der Waals surface area contributed by atoms with Crippen LogP contribution in [0.2, 0.25) is 15.1 Å². The summed E-state index contributed by atoms with van der Waals surface area (Å²) < 4.78 is 0. The number of nitriles is 1. The zero-order chi connectivity index (χ0) is 12.3. The summed E-state index contributed by atoms with van der Waals surface area (Å²) >= 11 is 17.3. The van der Waals surface area contributed by atoms with Crippen LogP contribution in [0.25, 0.3) is 5.57 Å². The minimum atomic E-state index is -1.24. The van der Waals surface area contributed by atoms with E-state index in [1.54, 1.807) is 6.07 Å². The van der Waals surface area contributed by atoms with Crippen molar-refractivity contribution >= 4 is 46.3 Å². The molecular formula is C10H4Cl3NO2. The van der Waals surface area contributed by atoms with Gasteiger partial charge in [0.15, 0.2) is 0 Å². The Kier molecular flexibility index (Phi) is 4.19. The fraction of sp³-hybridized carbons (Fsp3) is 0. The minimum absolute atomic E-state index is 0.0870. The number of carboxylic acids is 1. The molecule has 0 fully saturated rings. The van der Waals surface area contributed by atoms with Gasteiger partial charge in [0.2, 0.25) is 0 Å². The molecule has 0 atom stereocenters. The summed E-state index contributed by atoms with van der Waals surface area (Å²) in [4.78, 5) is 10.5. The van der Waals surface area contributed by atoms with Gasteiger partial charge < -0.3 is 5.11 Å². The van der Waals surface area contributed by atoms with E-state index >= 15 is 0 Å². The average molecular weight is 277 g/mol. The lowest BCUT2D eigenvalue weighted by Gasteiger charge is -2.04. The van der Waals surface area contributed by atoms with Crippen LogP contribution in [0.15, 0.2) is 18.2 Å². The van der Waals surface area contributed by atoms with Crippen LogP contribution < -0.4 is 0 Å². The highest BCUT2D eigenvalue weighted by Crippen LogP contribution is 2.32. The SMILES string of the molecule is N#CC(=CC(=O)O)c1cc(Cl)c(Cl)cc1Cl. The number of aliphatic carboxylic acids is 1. The first-order valence-electron chi connectivity index (χ1n) is 3.95. The van der Waals surface area contributed by atoms with Gasteiger partial charge in [0.1, 0.15) is 6.07 Å². The normalized spacial score (nSPS) is 11.0. The predicted molar refractivity (Wildman–Crippen MR) is 62.7 cm³/mol. The van der Waals surface area contributed by atoms with Crippen LogP contribution in [0.4, 0.5) is 0 Å². The van der Waals surface area contributed by atoms with E-state index in [2.05, 4.69) is 0 Å². The first-order valence-corrected chi connectivity index (χ1v) is 5.08. The van der Waals surface area contributed by atoms with E-state index in [1.165, 1.54) is 12.1 Å². The van der Waals surface area contributed by atoms with Gasteiger partial charge in [0.25, 0.3) is 0 Å². The van der Waals surface area contributed by atoms with E-state index in [0.29, 0.717) is 0 Å². The van der Waals surface area contributed by atoms with Crippen molar-refractivity contribution in [1.29, 1.82) is 5.26 Å². The monoisotopic (exact) mass is 275 g/mol. The van der Waals surface area contributed by atoms with Crippen molar-refractivity contribution in [2.45, 2.75) is 0 Å². The number of allylic oxidation sites excluding steroid dienone is 1. The van der Waals surface area contributed by atoms with E-state index in [1.807, 2.05) is 0 Å². The summed E-state index contributed by atoms with van der Waals surface area (Å²) in [6.07, 6.45) is 0.755. The van der Waals surface area contributed by atoms with Crippen molar-refractivity contribution < 1.29 is 9.90 Å². The molecule has 1 N–H and O–H groups in total. The van der Waals surface area contributed by atoms with Crippen LogP contribution in [-0.4, -0.2) is 11.1 Å². The molecule has 0 spiro atoms. The Hall–Kier alpha value is -1.21.